The molecule has 0 radical (unpaired) electrons. The first-order chi connectivity index (χ1) is 6.75. The van der Waals surface area contributed by atoms with Gasteiger partial charge in [0.25, 0.3) is 0 Å². The van der Waals surface area contributed by atoms with Gasteiger partial charge in [0.15, 0.2) is 0 Å². The molecule has 1 amide bonds. The Morgan fingerprint density at radius 3 is 2.14 bits per heavy atom. The van der Waals surface area contributed by atoms with Gasteiger partial charge in [-0.1, -0.05) is 33.1 Å². The third-order valence-corrected chi connectivity index (χ3v) is 3.20. The minimum atomic E-state index is 0.217. The molecular weight excluding hydrogens is 174 g/mol. The van der Waals surface area contributed by atoms with Gasteiger partial charge in [0.1, 0.15) is 0 Å². The van der Waals surface area contributed by atoms with Crippen molar-refractivity contribution < 1.29 is 4.79 Å². The fraction of sp³-hybridized carbons (Fsp3) is 0.917. The van der Waals surface area contributed by atoms with Crippen LogP contribution in [0.2, 0.25) is 0 Å². The van der Waals surface area contributed by atoms with Crippen LogP contribution in [0.5, 0.6) is 0 Å². The van der Waals surface area contributed by atoms with Crippen molar-refractivity contribution in [1.82, 2.24) is 4.90 Å². The van der Waals surface area contributed by atoms with Crippen LogP contribution >= 0.6 is 0 Å². The highest BCUT2D eigenvalue weighted by atomic mass is 16.2. The van der Waals surface area contributed by atoms with E-state index in [1.165, 1.54) is 32.1 Å². The molecule has 0 bridgehead atoms. The van der Waals surface area contributed by atoms with Crippen LogP contribution in [-0.2, 0) is 4.79 Å². The molecule has 0 spiro atoms. The van der Waals surface area contributed by atoms with Gasteiger partial charge in [0.05, 0.1) is 0 Å². The van der Waals surface area contributed by atoms with Gasteiger partial charge in [0.2, 0.25) is 5.91 Å². The number of nitrogens with zero attached hydrogens (tertiary/aromatic N) is 1. The molecule has 2 heteroatoms. The molecule has 1 aliphatic rings. The highest BCUT2D eigenvalue weighted by Crippen LogP contribution is 2.14. The summed E-state index contributed by atoms with van der Waals surface area (Å²) in [5.41, 5.74) is 0. The number of carbonyl (C=O) groups excluding carboxylic acids is 1. The number of hydrogen-bond donors (Lipinski definition) is 0. The Balaban J connectivity index is 2.42. The molecule has 0 aromatic carbocycles. The Morgan fingerprint density at radius 2 is 1.64 bits per heavy atom. The SMILES string of the molecule is CCC(C)C(=O)N1CCCCCCC1. The molecule has 1 heterocycles. The summed E-state index contributed by atoms with van der Waals surface area (Å²) in [6.45, 7) is 6.11. The third kappa shape index (κ3) is 3.32. The first-order valence-corrected chi connectivity index (χ1v) is 6.04. The van der Waals surface area contributed by atoms with Crippen LogP contribution in [0.4, 0.5) is 0 Å². The van der Waals surface area contributed by atoms with Gasteiger partial charge in [-0.25, -0.2) is 0 Å². The minimum Gasteiger partial charge on any atom is -0.342 e. The summed E-state index contributed by atoms with van der Waals surface area (Å²) in [6, 6.07) is 0. The maximum absolute atomic E-state index is 11.9. The topological polar surface area (TPSA) is 20.3 Å². The lowest BCUT2D eigenvalue weighted by molar-refractivity contribution is -0.135. The van der Waals surface area contributed by atoms with Gasteiger partial charge in [-0.3, -0.25) is 4.79 Å². The highest BCUT2D eigenvalue weighted by molar-refractivity contribution is 5.78. The van der Waals surface area contributed by atoms with E-state index in [2.05, 4.69) is 11.8 Å². The third-order valence-electron chi connectivity index (χ3n) is 3.20. The smallest absolute Gasteiger partial charge is 0.225 e. The van der Waals surface area contributed by atoms with E-state index in [1.54, 1.807) is 0 Å². The van der Waals surface area contributed by atoms with Gasteiger partial charge in [-0.05, 0) is 19.3 Å². The number of amides is 1. The average Bonchev–Trinajstić information content (AvgIpc) is 2.15. The zero-order chi connectivity index (χ0) is 10.4. The van der Waals surface area contributed by atoms with Gasteiger partial charge < -0.3 is 4.90 Å². The fourth-order valence-electron chi connectivity index (χ4n) is 1.95. The first-order valence-electron chi connectivity index (χ1n) is 6.04. The standard InChI is InChI=1S/C12H23NO/c1-3-11(2)12(14)13-9-7-5-4-6-8-10-13/h11H,3-10H2,1-2H3. The van der Waals surface area contributed by atoms with Crippen molar-refractivity contribution in [2.45, 2.75) is 52.4 Å². The molecule has 14 heavy (non-hydrogen) atoms. The van der Waals surface area contributed by atoms with Gasteiger partial charge >= 0.3 is 0 Å². The average molecular weight is 197 g/mol. The largest absolute Gasteiger partial charge is 0.342 e. The zero-order valence-corrected chi connectivity index (χ0v) is 9.59. The summed E-state index contributed by atoms with van der Waals surface area (Å²) in [7, 11) is 0. The van der Waals surface area contributed by atoms with E-state index in [4.69, 9.17) is 0 Å². The molecule has 82 valence electrons. The molecule has 0 saturated carbocycles. The molecule has 1 saturated heterocycles. The van der Waals surface area contributed by atoms with Gasteiger partial charge in [-0.15, -0.1) is 0 Å². The monoisotopic (exact) mass is 197 g/mol. The Kier molecular flexibility index (Phi) is 4.99. The molecule has 0 aromatic heterocycles. The van der Waals surface area contributed by atoms with Crippen molar-refractivity contribution >= 4 is 5.91 Å². The molecule has 0 N–H and O–H groups in total. The molecule has 1 aliphatic heterocycles. The maximum atomic E-state index is 11.9. The number of hydrogen-bond acceptors (Lipinski definition) is 1. The zero-order valence-electron chi connectivity index (χ0n) is 9.59. The summed E-state index contributed by atoms with van der Waals surface area (Å²) < 4.78 is 0. The van der Waals surface area contributed by atoms with Crippen molar-refractivity contribution in [2.75, 3.05) is 13.1 Å². The number of carbonyl (C=O) groups is 1. The van der Waals surface area contributed by atoms with E-state index in [-0.39, 0.29) is 5.92 Å². The van der Waals surface area contributed by atoms with Crippen molar-refractivity contribution in [3.05, 3.63) is 0 Å². The Labute approximate surface area is 87.7 Å². The lowest BCUT2D eigenvalue weighted by atomic mass is 10.0. The van der Waals surface area contributed by atoms with E-state index in [0.29, 0.717) is 5.91 Å². The second kappa shape index (κ2) is 6.05. The van der Waals surface area contributed by atoms with E-state index < -0.39 is 0 Å². The Hall–Kier alpha value is -0.530. The van der Waals surface area contributed by atoms with Crippen LogP contribution in [0.1, 0.15) is 52.4 Å². The molecule has 1 fully saturated rings. The van der Waals surface area contributed by atoms with E-state index in [0.717, 1.165) is 19.5 Å². The van der Waals surface area contributed by atoms with Crippen LogP contribution in [-0.4, -0.2) is 23.9 Å². The van der Waals surface area contributed by atoms with Crippen LogP contribution in [0.25, 0.3) is 0 Å². The predicted molar refractivity (Wildman–Crippen MR) is 59.1 cm³/mol. The second-order valence-electron chi connectivity index (χ2n) is 4.40. The molecule has 2 nitrogen and oxygen atoms in total. The summed E-state index contributed by atoms with van der Waals surface area (Å²) in [5, 5.41) is 0. The van der Waals surface area contributed by atoms with Crippen LogP contribution < -0.4 is 0 Å². The molecule has 1 atom stereocenters. The van der Waals surface area contributed by atoms with Crippen molar-refractivity contribution in [3.63, 3.8) is 0 Å². The van der Waals surface area contributed by atoms with Crippen molar-refractivity contribution in [2.24, 2.45) is 5.92 Å². The maximum Gasteiger partial charge on any atom is 0.225 e. The second-order valence-corrected chi connectivity index (χ2v) is 4.40. The van der Waals surface area contributed by atoms with E-state index >= 15 is 0 Å². The van der Waals surface area contributed by atoms with Gasteiger partial charge in [0, 0.05) is 19.0 Å². The lowest BCUT2D eigenvalue weighted by Crippen LogP contribution is -2.37. The summed E-state index contributed by atoms with van der Waals surface area (Å²) in [4.78, 5) is 14.0. The van der Waals surface area contributed by atoms with Crippen molar-refractivity contribution in [1.29, 1.82) is 0 Å². The summed E-state index contributed by atoms with van der Waals surface area (Å²) in [5.74, 6) is 0.587. The first kappa shape index (κ1) is 11.5. The molecule has 0 aliphatic carbocycles. The number of rotatable bonds is 2. The summed E-state index contributed by atoms with van der Waals surface area (Å²) in [6.07, 6.45) is 7.31. The van der Waals surface area contributed by atoms with Crippen molar-refractivity contribution in [3.8, 4) is 0 Å². The van der Waals surface area contributed by atoms with E-state index in [1.807, 2.05) is 6.92 Å². The van der Waals surface area contributed by atoms with Crippen LogP contribution in [0.3, 0.4) is 0 Å². The number of likely N-dealkylation sites (tertiary alicyclic amines) is 1. The molecule has 0 aromatic rings. The normalized spacial score (nSPS) is 21.1. The van der Waals surface area contributed by atoms with Crippen LogP contribution in [0, 0.1) is 5.92 Å². The lowest BCUT2D eigenvalue weighted by Gasteiger charge is -2.27. The quantitative estimate of drug-likeness (QED) is 0.666. The predicted octanol–water partition coefficient (Wildman–Crippen LogP) is 2.83. The highest BCUT2D eigenvalue weighted by Gasteiger charge is 2.18. The summed E-state index contributed by atoms with van der Waals surface area (Å²) >= 11 is 0. The molecule has 1 rings (SSSR count). The Morgan fingerprint density at radius 1 is 1.14 bits per heavy atom. The minimum absolute atomic E-state index is 0.217. The van der Waals surface area contributed by atoms with E-state index in [9.17, 15) is 4.79 Å². The Bertz CT molecular complexity index is 171. The molecule has 1 unspecified atom stereocenters. The molecular formula is C12H23NO. The van der Waals surface area contributed by atoms with Crippen LogP contribution in [0.15, 0.2) is 0 Å². The van der Waals surface area contributed by atoms with Gasteiger partial charge in [-0.2, -0.15) is 0 Å². The fourth-order valence-corrected chi connectivity index (χ4v) is 1.95.